The Hall–Kier alpha value is -1.76. The number of nitrogens with zero attached hydrogens (tertiary/aromatic N) is 1. The summed E-state index contributed by atoms with van der Waals surface area (Å²) in [5.74, 6) is 0.173. The van der Waals surface area contributed by atoms with Crippen LogP contribution in [-0.4, -0.2) is 0 Å². The fourth-order valence-electron chi connectivity index (χ4n) is 1.57. The van der Waals surface area contributed by atoms with Crippen LogP contribution >= 0.6 is 23.2 Å². The predicted molar refractivity (Wildman–Crippen MR) is 72.2 cm³/mol. The second-order valence-electron chi connectivity index (χ2n) is 3.71. The SMILES string of the molecule is N#Cc1c(F)cccc1Oc1ccc(Cl)cc1CCl. The molecule has 0 aliphatic rings. The molecule has 0 spiro atoms. The van der Waals surface area contributed by atoms with Crippen LogP contribution in [0, 0.1) is 17.1 Å². The van der Waals surface area contributed by atoms with E-state index < -0.39 is 5.82 Å². The first kappa shape index (κ1) is 13.7. The van der Waals surface area contributed by atoms with E-state index in [1.165, 1.54) is 18.2 Å². The van der Waals surface area contributed by atoms with Crippen molar-refractivity contribution in [3.05, 3.63) is 58.4 Å². The van der Waals surface area contributed by atoms with Crippen molar-refractivity contribution in [2.75, 3.05) is 0 Å². The lowest BCUT2D eigenvalue weighted by Gasteiger charge is -2.11. The molecular formula is C14H8Cl2FNO. The Balaban J connectivity index is 2.42. The standard InChI is InChI=1S/C14H8Cl2FNO/c15-7-9-6-10(16)4-5-13(9)19-14-3-1-2-12(17)11(14)8-18/h1-6H,7H2. The monoisotopic (exact) mass is 295 g/mol. The van der Waals surface area contributed by atoms with E-state index in [0.29, 0.717) is 16.3 Å². The highest BCUT2D eigenvalue weighted by Crippen LogP contribution is 2.31. The number of alkyl halides is 1. The largest absolute Gasteiger partial charge is 0.456 e. The number of benzene rings is 2. The molecule has 0 amide bonds. The molecule has 0 N–H and O–H groups in total. The lowest BCUT2D eigenvalue weighted by atomic mass is 10.2. The van der Waals surface area contributed by atoms with Gasteiger partial charge in [0.25, 0.3) is 0 Å². The van der Waals surface area contributed by atoms with Gasteiger partial charge in [-0.1, -0.05) is 17.7 Å². The zero-order valence-corrected chi connectivity index (χ0v) is 11.2. The Morgan fingerprint density at radius 1 is 1.21 bits per heavy atom. The van der Waals surface area contributed by atoms with Crippen LogP contribution in [0.15, 0.2) is 36.4 Å². The van der Waals surface area contributed by atoms with E-state index in [9.17, 15) is 4.39 Å². The molecule has 2 aromatic rings. The molecule has 2 rings (SSSR count). The number of ether oxygens (including phenoxy) is 1. The number of nitriles is 1. The summed E-state index contributed by atoms with van der Waals surface area (Å²) < 4.78 is 19.0. The molecule has 0 heterocycles. The van der Waals surface area contributed by atoms with Gasteiger partial charge in [0.05, 0.1) is 5.88 Å². The molecular weight excluding hydrogens is 288 g/mol. The van der Waals surface area contributed by atoms with Crippen LogP contribution in [0.4, 0.5) is 4.39 Å². The zero-order valence-electron chi connectivity index (χ0n) is 9.66. The highest BCUT2D eigenvalue weighted by molar-refractivity contribution is 6.30. The molecule has 0 aromatic heterocycles. The first-order valence-corrected chi connectivity index (χ1v) is 6.28. The molecule has 0 aliphatic heterocycles. The molecule has 96 valence electrons. The molecule has 0 unspecified atom stereocenters. The fraction of sp³-hybridized carbons (Fsp3) is 0.0714. The van der Waals surface area contributed by atoms with Gasteiger partial charge in [0.15, 0.2) is 0 Å². The molecule has 0 aliphatic carbocycles. The van der Waals surface area contributed by atoms with Crippen LogP contribution in [0.25, 0.3) is 0 Å². The minimum absolute atomic E-state index is 0.141. The average Bonchev–Trinajstić information content (AvgIpc) is 2.41. The van der Waals surface area contributed by atoms with Crippen LogP contribution in [0.3, 0.4) is 0 Å². The van der Waals surface area contributed by atoms with Gasteiger partial charge in [-0.25, -0.2) is 4.39 Å². The summed E-state index contributed by atoms with van der Waals surface area (Å²) in [6.45, 7) is 0. The maximum absolute atomic E-state index is 13.5. The Morgan fingerprint density at radius 2 is 2.00 bits per heavy atom. The van der Waals surface area contributed by atoms with Crippen LogP contribution < -0.4 is 4.74 Å². The number of halogens is 3. The van der Waals surface area contributed by atoms with Crippen molar-refractivity contribution >= 4 is 23.2 Å². The first-order chi connectivity index (χ1) is 9.15. The molecule has 0 saturated heterocycles. The lowest BCUT2D eigenvalue weighted by Crippen LogP contribution is -1.94. The van der Waals surface area contributed by atoms with E-state index in [4.69, 9.17) is 33.2 Å². The maximum atomic E-state index is 13.5. The lowest BCUT2D eigenvalue weighted by molar-refractivity contribution is 0.470. The van der Waals surface area contributed by atoms with Crippen LogP contribution in [-0.2, 0) is 5.88 Å². The highest BCUT2D eigenvalue weighted by Gasteiger charge is 2.12. The summed E-state index contributed by atoms with van der Waals surface area (Å²) in [7, 11) is 0. The molecule has 2 nitrogen and oxygen atoms in total. The molecule has 19 heavy (non-hydrogen) atoms. The smallest absolute Gasteiger partial charge is 0.148 e. The van der Waals surface area contributed by atoms with Gasteiger partial charge in [-0.2, -0.15) is 5.26 Å². The van der Waals surface area contributed by atoms with Crippen molar-refractivity contribution in [2.45, 2.75) is 5.88 Å². The normalized spacial score (nSPS) is 10.0. The molecule has 0 atom stereocenters. The molecule has 2 aromatic carbocycles. The molecule has 0 fully saturated rings. The van der Waals surface area contributed by atoms with E-state index in [1.54, 1.807) is 24.3 Å². The van der Waals surface area contributed by atoms with Crippen molar-refractivity contribution < 1.29 is 9.13 Å². The summed E-state index contributed by atoms with van der Waals surface area (Å²) in [6, 6.07) is 10.9. The summed E-state index contributed by atoms with van der Waals surface area (Å²) in [5, 5.41) is 9.46. The fourth-order valence-corrected chi connectivity index (χ4v) is 1.97. The van der Waals surface area contributed by atoms with Gasteiger partial charge in [0.2, 0.25) is 0 Å². The Bertz CT molecular complexity index is 652. The van der Waals surface area contributed by atoms with Crippen LogP contribution in [0.1, 0.15) is 11.1 Å². The third-order valence-electron chi connectivity index (χ3n) is 2.47. The van der Waals surface area contributed by atoms with Gasteiger partial charge >= 0.3 is 0 Å². The molecule has 0 bridgehead atoms. The predicted octanol–water partition coefficient (Wildman–Crippen LogP) is 4.88. The van der Waals surface area contributed by atoms with Gasteiger partial charge < -0.3 is 4.74 Å². The van der Waals surface area contributed by atoms with Crippen molar-refractivity contribution in [2.24, 2.45) is 0 Å². The molecule has 0 saturated carbocycles. The van der Waals surface area contributed by atoms with Gasteiger partial charge in [-0.15, -0.1) is 11.6 Å². The van der Waals surface area contributed by atoms with Crippen molar-refractivity contribution in [3.8, 4) is 17.6 Å². The minimum Gasteiger partial charge on any atom is -0.456 e. The maximum Gasteiger partial charge on any atom is 0.148 e. The van der Waals surface area contributed by atoms with Gasteiger partial charge in [0, 0.05) is 10.6 Å². The first-order valence-electron chi connectivity index (χ1n) is 5.36. The molecule has 0 radical (unpaired) electrons. The van der Waals surface area contributed by atoms with E-state index in [2.05, 4.69) is 0 Å². The van der Waals surface area contributed by atoms with E-state index in [1.807, 2.05) is 0 Å². The number of rotatable bonds is 3. The Kier molecular flexibility index (Phi) is 4.26. The Morgan fingerprint density at radius 3 is 2.68 bits per heavy atom. The van der Waals surface area contributed by atoms with Gasteiger partial charge in [-0.3, -0.25) is 0 Å². The third-order valence-corrected chi connectivity index (χ3v) is 3.00. The Labute approximate surface area is 119 Å². The van der Waals surface area contributed by atoms with E-state index >= 15 is 0 Å². The second-order valence-corrected chi connectivity index (χ2v) is 4.42. The van der Waals surface area contributed by atoms with Gasteiger partial charge in [-0.05, 0) is 30.3 Å². The van der Waals surface area contributed by atoms with Crippen molar-refractivity contribution in [3.63, 3.8) is 0 Å². The average molecular weight is 296 g/mol. The van der Waals surface area contributed by atoms with Crippen molar-refractivity contribution in [1.82, 2.24) is 0 Å². The van der Waals surface area contributed by atoms with Crippen LogP contribution in [0.2, 0.25) is 5.02 Å². The quantitative estimate of drug-likeness (QED) is 0.756. The van der Waals surface area contributed by atoms with Crippen molar-refractivity contribution in [1.29, 1.82) is 5.26 Å². The second kappa shape index (κ2) is 5.92. The molecule has 5 heteroatoms. The zero-order chi connectivity index (χ0) is 13.8. The van der Waals surface area contributed by atoms with Gasteiger partial charge in [0.1, 0.15) is 28.9 Å². The number of hydrogen-bond donors (Lipinski definition) is 0. The van der Waals surface area contributed by atoms with E-state index in [0.717, 1.165) is 0 Å². The minimum atomic E-state index is -0.624. The number of hydrogen-bond acceptors (Lipinski definition) is 2. The topological polar surface area (TPSA) is 33.0 Å². The summed E-state index contributed by atoms with van der Waals surface area (Å²) in [5.41, 5.74) is 0.528. The summed E-state index contributed by atoms with van der Waals surface area (Å²) in [4.78, 5) is 0. The van der Waals surface area contributed by atoms with E-state index in [-0.39, 0.29) is 17.2 Å². The third kappa shape index (κ3) is 2.98. The summed E-state index contributed by atoms with van der Waals surface area (Å²) in [6.07, 6.45) is 0. The summed E-state index contributed by atoms with van der Waals surface area (Å²) >= 11 is 11.7. The van der Waals surface area contributed by atoms with Crippen LogP contribution in [0.5, 0.6) is 11.5 Å². The highest BCUT2D eigenvalue weighted by atomic mass is 35.5.